The van der Waals surface area contributed by atoms with Gasteiger partial charge in [-0.25, -0.2) is 4.98 Å². The molecule has 0 fully saturated rings. The number of nitrogens with zero attached hydrogens (tertiary/aromatic N) is 1. The van der Waals surface area contributed by atoms with Crippen LogP contribution in [0.2, 0.25) is 5.02 Å². The Labute approximate surface area is 108 Å². The molecule has 0 amide bonds. The molecular formula is C12H11ClN2OS. The van der Waals surface area contributed by atoms with E-state index >= 15 is 0 Å². The molecule has 0 bridgehead atoms. The van der Waals surface area contributed by atoms with Gasteiger partial charge in [0.2, 0.25) is 0 Å². The van der Waals surface area contributed by atoms with Gasteiger partial charge in [0.25, 0.3) is 0 Å². The fourth-order valence-corrected chi connectivity index (χ4v) is 2.43. The van der Waals surface area contributed by atoms with Gasteiger partial charge in [-0.05, 0) is 12.1 Å². The van der Waals surface area contributed by atoms with Gasteiger partial charge < -0.3 is 5.32 Å². The fourth-order valence-electron chi connectivity index (χ4n) is 1.47. The van der Waals surface area contributed by atoms with Gasteiger partial charge in [0.1, 0.15) is 0 Å². The van der Waals surface area contributed by atoms with Gasteiger partial charge in [-0.2, -0.15) is 0 Å². The zero-order valence-electron chi connectivity index (χ0n) is 9.45. The molecule has 17 heavy (non-hydrogen) atoms. The van der Waals surface area contributed by atoms with Crippen LogP contribution in [0.25, 0.3) is 11.3 Å². The Hall–Kier alpha value is -1.39. The number of rotatable bonds is 3. The normalized spacial score (nSPS) is 10.3. The van der Waals surface area contributed by atoms with Gasteiger partial charge >= 0.3 is 0 Å². The van der Waals surface area contributed by atoms with E-state index in [1.807, 2.05) is 12.1 Å². The Kier molecular flexibility index (Phi) is 3.45. The predicted molar refractivity (Wildman–Crippen MR) is 72.1 cm³/mol. The number of Topliss-reactive ketones (excluding diaryl/α,β-unsaturated/α-hetero) is 1. The van der Waals surface area contributed by atoms with E-state index in [2.05, 4.69) is 10.3 Å². The first kappa shape index (κ1) is 12.1. The molecule has 0 spiro atoms. The van der Waals surface area contributed by atoms with Gasteiger partial charge in [-0.15, -0.1) is 0 Å². The molecule has 0 atom stereocenters. The summed E-state index contributed by atoms with van der Waals surface area (Å²) >= 11 is 7.20. The van der Waals surface area contributed by atoms with Crippen molar-refractivity contribution in [3.8, 4) is 11.3 Å². The number of thiazole rings is 1. The van der Waals surface area contributed by atoms with Crippen LogP contribution in [0.3, 0.4) is 0 Å². The van der Waals surface area contributed by atoms with E-state index in [1.165, 1.54) is 11.3 Å². The lowest BCUT2D eigenvalue weighted by Crippen LogP contribution is -1.91. The summed E-state index contributed by atoms with van der Waals surface area (Å²) in [5, 5.41) is 4.36. The second kappa shape index (κ2) is 4.85. The summed E-state index contributed by atoms with van der Waals surface area (Å²) in [5.41, 5.74) is 1.61. The number of benzene rings is 1. The number of hydrogen-bond acceptors (Lipinski definition) is 4. The summed E-state index contributed by atoms with van der Waals surface area (Å²) < 4.78 is 0. The van der Waals surface area contributed by atoms with Crippen molar-refractivity contribution in [3.63, 3.8) is 0 Å². The van der Waals surface area contributed by atoms with Crippen LogP contribution in [0.1, 0.15) is 16.6 Å². The molecule has 0 aliphatic rings. The molecule has 0 aliphatic carbocycles. The minimum atomic E-state index is 0.0222. The van der Waals surface area contributed by atoms with Gasteiger partial charge in [0.05, 0.1) is 10.6 Å². The Bertz CT molecular complexity index is 548. The molecule has 0 saturated carbocycles. The van der Waals surface area contributed by atoms with Crippen LogP contribution in [0.5, 0.6) is 0 Å². The van der Waals surface area contributed by atoms with Crippen molar-refractivity contribution in [2.75, 3.05) is 12.4 Å². The van der Waals surface area contributed by atoms with Crippen molar-refractivity contribution < 1.29 is 4.79 Å². The average Bonchev–Trinajstić information content (AvgIpc) is 2.74. The van der Waals surface area contributed by atoms with E-state index in [4.69, 9.17) is 11.6 Å². The Balaban J connectivity index is 2.53. The smallest absolute Gasteiger partial charge is 0.183 e. The van der Waals surface area contributed by atoms with Gasteiger partial charge in [-0.3, -0.25) is 4.79 Å². The summed E-state index contributed by atoms with van der Waals surface area (Å²) in [6.07, 6.45) is 0. The largest absolute Gasteiger partial charge is 0.365 e. The van der Waals surface area contributed by atoms with Crippen molar-refractivity contribution in [1.29, 1.82) is 0 Å². The minimum absolute atomic E-state index is 0.0222. The number of anilines is 1. The monoisotopic (exact) mass is 266 g/mol. The Morgan fingerprint density at radius 3 is 2.53 bits per heavy atom. The molecule has 88 valence electrons. The lowest BCUT2D eigenvalue weighted by Gasteiger charge is -1.99. The number of carbonyl (C=O) groups excluding carboxylic acids is 1. The highest BCUT2D eigenvalue weighted by molar-refractivity contribution is 7.18. The van der Waals surface area contributed by atoms with E-state index in [0.29, 0.717) is 15.6 Å². The molecule has 1 aromatic carbocycles. The molecule has 0 saturated heterocycles. The topological polar surface area (TPSA) is 42.0 Å². The van der Waals surface area contributed by atoms with E-state index in [-0.39, 0.29) is 5.78 Å². The molecule has 0 unspecified atom stereocenters. The first-order valence-electron chi connectivity index (χ1n) is 5.07. The molecule has 5 heteroatoms. The summed E-state index contributed by atoms with van der Waals surface area (Å²) in [4.78, 5) is 16.6. The second-order valence-corrected chi connectivity index (χ2v) is 4.95. The maximum atomic E-state index is 11.6. The summed E-state index contributed by atoms with van der Waals surface area (Å²) in [7, 11) is 1.79. The zero-order valence-corrected chi connectivity index (χ0v) is 11.0. The molecule has 0 aliphatic heterocycles. The zero-order chi connectivity index (χ0) is 12.4. The molecule has 0 radical (unpaired) electrons. The first-order valence-corrected chi connectivity index (χ1v) is 6.26. The molecule has 1 aromatic heterocycles. The summed E-state index contributed by atoms with van der Waals surface area (Å²) in [5.74, 6) is 0.0222. The standard InChI is InChI=1S/C12H11ClN2OS/c1-7(16)11-10(15-12(14-2)17-11)8-3-5-9(13)6-4-8/h3-6H,1-2H3,(H,14,15). The maximum Gasteiger partial charge on any atom is 0.183 e. The lowest BCUT2D eigenvalue weighted by molar-refractivity contribution is 0.102. The quantitative estimate of drug-likeness (QED) is 0.861. The highest BCUT2D eigenvalue weighted by Gasteiger charge is 2.15. The molecule has 3 nitrogen and oxygen atoms in total. The van der Waals surface area contributed by atoms with Gasteiger partial charge in [0.15, 0.2) is 10.9 Å². The summed E-state index contributed by atoms with van der Waals surface area (Å²) in [6, 6.07) is 7.31. The maximum absolute atomic E-state index is 11.6. The van der Waals surface area contributed by atoms with Crippen molar-refractivity contribution in [1.82, 2.24) is 4.98 Å². The van der Waals surface area contributed by atoms with Crippen LogP contribution in [-0.2, 0) is 0 Å². The Morgan fingerprint density at radius 1 is 1.35 bits per heavy atom. The van der Waals surface area contributed by atoms with Crippen LogP contribution < -0.4 is 5.32 Å². The molecular weight excluding hydrogens is 256 g/mol. The third-order valence-electron chi connectivity index (χ3n) is 2.28. The van der Waals surface area contributed by atoms with E-state index in [9.17, 15) is 4.79 Å². The van der Waals surface area contributed by atoms with E-state index < -0.39 is 0 Å². The van der Waals surface area contributed by atoms with Crippen molar-refractivity contribution in [2.24, 2.45) is 0 Å². The number of carbonyl (C=O) groups is 1. The SMILES string of the molecule is CNc1nc(-c2ccc(Cl)cc2)c(C(C)=O)s1. The fraction of sp³-hybridized carbons (Fsp3) is 0.167. The first-order chi connectivity index (χ1) is 8.11. The molecule has 1 heterocycles. The third kappa shape index (κ3) is 2.48. The van der Waals surface area contributed by atoms with Crippen LogP contribution in [0.4, 0.5) is 5.13 Å². The molecule has 2 aromatic rings. The van der Waals surface area contributed by atoms with Crippen LogP contribution in [0.15, 0.2) is 24.3 Å². The van der Waals surface area contributed by atoms with Crippen LogP contribution in [0, 0.1) is 0 Å². The van der Waals surface area contributed by atoms with E-state index in [1.54, 1.807) is 26.1 Å². The number of nitrogens with one attached hydrogen (secondary N) is 1. The number of aromatic nitrogens is 1. The average molecular weight is 267 g/mol. The minimum Gasteiger partial charge on any atom is -0.365 e. The predicted octanol–water partition coefficient (Wildman–Crippen LogP) is 3.71. The molecule has 2 rings (SSSR count). The van der Waals surface area contributed by atoms with Crippen molar-refractivity contribution in [3.05, 3.63) is 34.2 Å². The highest BCUT2D eigenvalue weighted by atomic mass is 35.5. The number of hydrogen-bond donors (Lipinski definition) is 1. The third-order valence-corrected chi connectivity index (χ3v) is 3.70. The molecule has 1 N–H and O–H groups in total. The second-order valence-electron chi connectivity index (χ2n) is 3.51. The van der Waals surface area contributed by atoms with Crippen molar-refractivity contribution in [2.45, 2.75) is 6.92 Å². The lowest BCUT2D eigenvalue weighted by atomic mass is 10.1. The van der Waals surface area contributed by atoms with Crippen molar-refractivity contribution >= 4 is 33.9 Å². The van der Waals surface area contributed by atoms with Gasteiger partial charge in [0, 0.05) is 24.6 Å². The summed E-state index contributed by atoms with van der Waals surface area (Å²) in [6.45, 7) is 1.55. The van der Waals surface area contributed by atoms with E-state index in [0.717, 1.165) is 10.7 Å². The Morgan fingerprint density at radius 2 is 2.00 bits per heavy atom. The highest BCUT2D eigenvalue weighted by Crippen LogP contribution is 2.31. The van der Waals surface area contributed by atoms with Gasteiger partial charge in [-0.1, -0.05) is 35.1 Å². The van der Waals surface area contributed by atoms with Crippen LogP contribution >= 0.6 is 22.9 Å². The number of ketones is 1. The van der Waals surface area contributed by atoms with Crippen LogP contribution in [-0.4, -0.2) is 17.8 Å². The number of halogens is 1.